The molecule has 158 valence electrons. The van der Waals surface area contributed by atoms with Crippen LogP contribution in [-0.4, -0.2) is 55.8 Å². The molecule has 2 saturated heterocycles. The van der Waals surface area contributed by atoms with Gasteiger partial charge in [0.1, 0.15) is 0 Å². The quantitative estimate of drug-likeness (QED) is 0.622. The van der Waals surface area contributed by atoms with Crippen LogP contribution >= 0.6 is 0 Å². The summed E-state index contributed by atoms with van der Waals surface area (Å²) in [5, 5.41) is 2.80. The number of hydrogen-bond acceptors (Lipinski definition) is 5. The normalized spacial score (nSPS) is 23.2. The highest BCUT2D eigenvalue weighted by atomic mass is 32.2. The first-order chi connectivity index (χ1) is 13.8. The molecule has 2 atom stereocenters. The van der Waals surface area contributed by atoms with E-state index in [1.807, 2.05) is 18.2 Å². The zero-order valence-electron chi connectivity index (χ0n) is 16.1. The van der Waals surface area contributed by atoms with Gasteiger partial charge in [0.2, 0.25) is 11.8 Å². The molecule has 2 fully saturated rings. The molecule has 0 bridgehead atoms. The fourth-order valence-electron chi connectivity index (χ4n) is 3.68. The monoisotopic (exact) mass is 422 g/mol. The number of amides is 4. The number of nitrogens with zero attached hydrogens (tertiary/aromatic N) is 1. The van der Waals surface area contributed by atoms with E-state index in [0.29, 0.717) is 31.5 Å². The van der Waals surface area contributed by atoms with Crippen molar-refractivity contribution in [2.45, 2.75) is 25.7 Å². The maximum atomic E-state index is 12.4. The molecule has 2 aliphatic rings. The Labute approximate surface area is 170 Å². The average molecular weight is 423 g/mol. The van der Waals surface area contributed by atoms with Gasteiger partial charge >= 0.3 is 6.03 Å². The summed E-state index contributed by atoms with van der Waals surface area (Å²) in [7, 11) is -3.04. The van der Waals surface area contributed by atoms with Gasteiger partial charge in [-0.15, -0.1) is 0 Å². The SMILES string of the molecule is O=C(C[C@@H]1CCS(=O)(=O)C1)NNC(=O)[C@H]1CCCN(C(=O)Nc2ccccc2)C1. The number of nitrogens with one attached hydrogen (secondary N) is 3. The van der Waals surface area contributed by atoms with Crippen molar-refractivity contribution in [3.63, 3.8) is 0 Å². The number of sulfone groups is 1. The zero-order chi connectivity index (χ0) is 20.9. The second-order valence-corrected chi connectivity index (χ2v) is 9.82. The van der Waals surface area contributed by atoms with E-state index < -0.39 is 21.7 Å². The minimum atomic E-state index is -3.04. The molecule has 4 amide bonds. The molecule has 0 aliphatic carbocycles. The third-order valence-electron chi connectivity index (χ3n) is 5.23. The molecule has 3 N–H and O–H groups in total. The molecule has 9 nitrogen and oxygen atoms in total. The van der Waals surface area contributed by atoms with E-state index in [2.05, 4.69) is 16.2 Å². The summed E-state index contributed by atoms with van der Waals surface area (Å²) in [6, 6.07) is 8.82. The summed E-state index contributed by atoms with van der Waals surface area (Å²) >= 11 is 0. The van der Waals surface area contributed by atoms with Crippen LogP contribution in [-0.2, 0) is 19.4 Å². The Kier molecular flexibility index (Phi) is 6.73. The Bertz CT molecular complexity index is 859. The summed E-state index contributed by atoms with van der Waals surface area (Å²) in [6.45, 7) is 0.826. The number of carbonyl (C=O) groups is 3. The minimum Gasteiger partial charge on any atom is -0.324 e. The molecular weight excluding hydrogens is 396 g/mol. The Hall–Kier alpha value is -2.62. The highest BCUT2D eigenvalue weighted by molar-refractivity contribution is 7.91. The first-order valence-electron chi connectivity index (χ1n) is 9.72. The molecule has 3 rings (SSSR count). The first-order valence-corrected chi connectivity index (χ1v) is 11.5. The molecule has 2 heterocycles. The van der Waals surface area contributed by atoms with Crippen molar-refractivity contribution in [3.8, 4) is 0 Å². The van der Waals surface area contributed by atoms with Crippen molar-refractivity contribution < 1.29 is 22.8 Å². The number of hydrogen-bond donors (Lipinski definition) is 3. The molecule has 1 aromatic carbocycles. The van der Waals surface area contributed by atoms with Crippen LogP contribution in [0.4, 0.5) is 10.5 Å². The Morgan fingerprint density at radius 2 is 1.83 bits per heavy atom. The van der Waals surface area contributed by atoms with Gasteiger partial charge in [0.25, 0.3) is 0 Å². The number of urea groups is 1. The van der Waals surface area contributed by atoms with Gasteiger partial charge in [-0.3, -0.25) is 20.4 Å². The molecule has 2 aliphatic heterocycles. The average Bonchev–Trinajstić information content (AvgIpc) is 3.05. The van der Waals surface area contributed by atoms with Gasteiger partial charge in [-0.05, 0) is 37.3 Å². The number of anilines is 1. The van der Waals surface area contributed by atoms with Crippen molar-refractivity contribution in [1.29, 1.82) is 0 Å². The van der Waals surface area contributed by atoms with E-state index in [9.17, 15) is 22.8 Å². The predicted molar refractivity (Wildman–Crippen MR) is 107 cm³/mol. The minimum absolute atomic E-state index is 0.0163. The van der Waals surface area contributed by atoms with Crippen LogP contribution in [0.3, 0.4) is 0 Å². The first kappa shape index (κ1) is 21.1. The summed E-state index contributed by atoms with van der Waals surface area (Å²) in [6.07, 6.45) is 1.85. The molecule has 0 radical (unpaired) electrons. The van der Waals surface area contributed by atoms with Crippen LogP contribution in [0.1, 0.15) is 25.7 Å². The van der Waals surface area contributed by atoms with Crippen molar-refractivity contribution in [2.75, 3.05) is 29.9 Å². The Morgan fingerprint density at radius 3 is 2.52 bits per heavy atom. The smallest absolute Gasteiger partial charge is 0.321 e. The number of carbonyl (C=O) groups excluding carboxylic acids is 3. The molecule has 10 heteroatoms. The van der Waals surface area contributed by atoms with Gasteiger partial charge < -0.3 is 10.2 Å². The number of para-hydroxylation sites is 1. The number of rotatable bonds is 4. The van der Waals surface area contributed by atoms with Gasteiger partial charge in [-0.2, -0.15) is 0 Å². The lowest BCUT2D eigenvalue weighted by Gasteiger charge is -2.32. The molecule has 0 spiro atoms. The number of likely N-dealkylation sites (tertiary alicyclic amines) is 1. The highest BCUT2D eigenvalue weighted by Gasteiger charge is 2.31. The highest BCUT2D eigenvalue weighted by Crippen LogP contribution is 2.21. The lowest BCUT2D eigenvalue weighted by Crippen LogP contribution is -2.50. The van der Waals surface area contributed by atoms with Gasteiger partial charge in [0.15, 0.2) is 9.84 Å². The van der Waals surface area contributed by atoms with E-state index in [4.69, 9.17) is 0 Å². The summed E-state index contributed by atoms with van der Waals surface area (Å²) < 4.78 is 22.9. The van der Waals surface area contributed by atoms with Crippen LogP contribution in [0.5, 0.6) is 0 Å². The lowest BCUT2D eigenvalue weighted by molar-refractivity contribution is -0.132. The van der Waals surface area contributed by atoms with Crippen molar-refractivity contribution in [2.24, 2.45) is 11.8 Å². The molecule has 0 saturated carbocycles. The topological polar surface area (TPSA) is 125 Å². The van der Waals surface area contributed by atoms with Crippen LogP contribution in [0.15, 0.2) is 30.3 Å². The Balaban J connectivity index is 1.43. The maximum absolute atomic E-state index is 12.4. The maximum Gasteiger partial charge on any atom is 0.321 e. The van der Waals surface area contributed by atoms with E-state index in [0.717, 1.165) is 0 Å². The zero-order valence-corrected chi connectivity index (χ0v) is 16.9. The van der Waals surface area contributed by atoms with Crippen LogP contribution < -0.4 is 16.2 Å². The second kappa shape index (κ2) is 9.25. The molecule has 1 aromatic rings. The third kappa shape index (κ3) is 6.18. The summed E-state index contributed by atoms with van der Waals surface area (Å²) in [4.78, 5) is 38.4. The number of hydrazine groups is 1. The van der Waals surface area contributed by atoms with Crippen LogP contribution in [0.25, 0.3) is 0 Å². The molecule has 29 heavy (non-hydrogen) atoms. The van der Waals surface area contributed by atoms with Crippen LogP contribution in [0, 0.1) is 11.8 Å². The number of piperidine rings is 1. The van der Waals surface area contributed by atoms with Gasteiger partial charge in [0.05, 0.1) is 17.4 Å². The van der Waals surface area contributed by atoms with Crippen molar-refractivity contribution >= 4 is 33.4 Å². The van der Waals surface area contributed by atoms with E-state index in [1.165, 1.54) is 0 Å². The van der Waals surface area contributed by atoms with Gasteiger partial charge in [0, 0.05) is 25.2 Å². The predicted octanol–water partition coefficient (Wildman–Crippen LogP) is 0.903. The van der Waals surface area contributed by atoms with Gasteiger partial charge in [-0.1, -0.05) is 18.2 Å². The molecular formula is C19H26N4O5S. The standard InChI is InChI=1S/C19H26N4O5S/c24-17(11-14-8-10-29(27,28)13-14)21-22-18(25)15-5-4-9-23(12-15)19(26)20-16-6-2-1-3-7-16/h1-3,6-7,14-15H,4-5,8-13H2,(H,20,26)(H,21,24)(H,22,25)/t14-,15-/m0/s1. The van der Waals surface area contributed by atoms with E-state index >= 15 is 0 Å². The largest absolute Gasteiger partial charge is 0.324 e. The number of benzene rings is 1. The van der Waals surface area contributed by atoms with Crippen LogP contribution in [0.2, 0.25) is 0 Å². The Morgan fingerprint density at radius 1 is 1.07 bits per heavy atom. The third-order valence-corrected chi connectivity index (χ3v) is 7.07. The second-order valence-electron chi connectivity index (χ2n) is 7.59. The van der Waals surface area contributed by atoms with Crippen molar-refractivity contribution in [1.82, 2.24) is 15.8 Å². The summed E-state index contributed by atoms with van der Waals surface area (Å²) in [5.74, 6) is -1.26. The molecule has 0 aromatic heterocycles. The lowest BCUT2D eigenvalue weighted by atomic mass is 9.97. The fourth-order valence-corrected chi connectivity index (χ4v) is 5.54. The van der Waals surface area contributed by atoms with Gasteiger partial charge in [-0.25, -0.2) is 13.2 Å². The summed E-state index contributed by atoms with van der Waals surface area (Å²) in [5.41, 5.74) is 5.46. The van der Waals surface area contributed by atoms with E-state index in [1.54, 1.807) is 17.0 Å². The van der Waals surface area contributed by atoms with Crippen molar-refractivity contribution in [3.05, 3.63) is 30.3 Å². The molecule has 0 unspecified atom stereocenters. The van der Waals surface area contributed by atoms with E-state index in [-0.39, 0.29) is 42.3 Å². The fraction of sp³-hybridized carbons (Fsp3) is 0.526.